The molecular formula is C17H27N3O2. The Hall–Kier alpha value is -0.910. The van der Waals surface area contributed by atoms with Gasteiger partial charge >= 0.3 is 0 Å². The van der Waals surface area contributed by atoms with Crippen molar-refractivity contribution in [1.82, 2.24) is 14.5 Å². The molecule has 0 N–H and O–H groups in total. The average Bonchev–Trinajstić information content (AvgIpc) is 3.16. The second-order valence-electron chi connectivity index (χ2n) is 7.37. The summed E-state index contributed by atoms with van der Waals surface area (Å²) in [6.45, 7) is 4.97. The van der Waals surface area contributed by atoms with Crippen LogP contribution in [0.3, 0.4) is 0 Å². The first-order valence-corrected chi connectivity index (χ1v) is 8.66. The maximum Gasteiger partial charge on any atom is 0.0945 e. The molecule has 2 aliphatic heterocycles. The highest BCUT2D eigenvalue weighted by Gasteiger charge is 2.43. The summed E-state index contributed by atoms with van der Waals surface area (Å²) in [4.78, 5) is 6.72. The number of rotatable bonds is 5. The van der Waals surface area contributed by atoms with Gasteiger partial charge in [0.05, 0.1) is 30.3 Å². The third-order valence-corrected chi connectivity index (χ3v) is 5.51. The van der Waals surface area contributed by atoms with E-state index >= 15 is 0 Å². The van der Waals surface area contributed by atoms with E-state index in [1.54, 1.807) is 0 Å². The summed E-state index contributed by atoms with van der Waals surface area (Å²) < 4.78 is 14.3. The molecule has 5 nitrogen and oxygen atoms in total. The molecule has 0 aromatic carbocycles. The number of imidazole rings is 1. The van der Waals surface area contributed by atoms with E-state index in [0.717, 1.165) is 58.0 Å². The van der Waals surface area contributed by atoms with Crippen LogP contribution in [0, 0.1) is 5.92 Å². The molecular weight excluding hydrogens is 278 g/mol. The first kappa shape index (κ1) is 14.7. The van der Waals surface area contributed by atoms with Crippen LogP contribution >= 0.6 is 0 Å². The SMILES string of the molecule is Cn1cncc1CN1CCC2(CC1)CC(OCC1CC1)CO2. The minimum atomic E-state index is 0.0944. The smallest absolute Gasteiger partial charge is 0.0945 e. The lowest BCUT2D eigenvalue weighted by Crippen LogP contribution is -2.44. The molecule has 1 saturated carbocycles. The molecule has 1 spiro atoms. The molecule has 1 unspecified atom stereocenters. The molecule has 2 saturated heterocycles. The Morgan fingerprint density at radius 3 is 2.86 bits per heavy atom. The maximum absolute atomic E-state index is 6.18. The van der Waals surface area contributed by atoms with Gasteiger partial charge in [-0.2, -0.15) is 0 Å². The zero-order valence-electron chi connectivity index (χ0n) is 13.5. The molecule has 1 atom stereocenters. The zero-order valence-corrected chi connectivity index (χ0v) is 13.5. The van der Waals surface area contributed by atoms with Crippen LogP contribution in [0.25, 0.3) is 0 Å². The lowest BCUT2D eigenvalue weighted by atomic mass is 9.88. The molecule has 3 heterocycles. The molecule has 0 bridgehead atoms. The van der Waals surface area contributed by atoms with E-state index in [9.17, 15) is 0 Å². The normalized spacial score (nSPS) is 28.5. The van der Waals surface area contributed by atoms with Gasteiger partial charge in [-0.1, -0.05) is 0 Å². The van der Waals surface area contributed by atoms with E-state index in [1.165, 1.54) is 18.5 Å². The molecule has 122 valence electrons. The quantitative estimate of drug-likeness (QED) is 0.834. The summed E-state index contributed by atoms with van der Waals surface area (Å²) in [5, 5.41) is 0. The Labute approximate surface area is 132 Å². The molecule has 1 aromatic heterocycles. The van der Waals surface area contributed by atoms with Gasteiger partial charge in [0.1, 0.15) is 0 Å². The predicted octanol–water partition coefficient (Wildman–Crippen LogP) is 1.97. The van der Waals surface area contributed by atoms with E-state index in [0.29, 0.717) is 6.10 Å². The van der Waals surface area contributed by atoms with E-state index in [-0.39, 0.29) is 5.60 Å². The number of ether oxygens (including phenoxy) is 2. The van der Waals surface area contributed by atoms with Crippen LogP contribution in [0.2, 0.25) is 0 Å². The van der Waals surface area contributed by atoms with Gasteiger partial charge in [-0.25, -0.2) is 4.98 Å². The minimum absolute atomic E-state index is 0.0944. The van der Waals surface area contributed by atoms with Gasteiger partial charge in [0.25, 0.3) is 0 Å². The van der Waals surface area contributed by atoms with Crippen LogP contribution in [0.4, 0.5) is 0 Å². The second kappa shape index (κ2) is 5.95. The van der Waals surface area contributed by atoms with Crippen molar-refractivity contribution >= 4 is 0 Å². The third-order valence-electron chi connectivity index (χ3n) is 5.51. The minimum Gasteiger partial charge on any atom is -0.375 e. The number of aryl methyl sites for hydroxylation is 1. The molecule has 1 aliphatic carbocycles. The van der Waals surface area contributed by atoms with Crippen LogP contribution in [0.5, 0.6) is 0 Å². The Morgan fingerprint density at radius 1 is 1.36 bits per heavy atom. The number of nitrogens with zero attached hydrogens (tertiary/aromatic N) is 3. The van der Waals surface area contributed by atoms with Crippen LogP contribution in [0.15, 0.2) is 12.5 Å². The fourth-order valence-corrected chi connectivity index (χ4v) is 3.70. The molecule has 3 fully saturated rings. The standard InChI is InChI=1S/C17H27N3O2/c1-19-13-18-9-15(19)10-20-6-4-17(5-7-20)8-16(12-22-17)21-11-14-2-3-14/h9,13-14,16H,2-8,10-12H2,1H3. The molecule has 1 aromatic rings. The average molecular weight is 305 g/mol. The van der Waals surface area contributed by atoms with E-state index in [4.69, 9.17) is 9.47 Å². The summed E-state index contributed by atoms with van der Waals surface area (Å²) in [5.74, 6) is 0.845. The highest BCUT2D eigenvalue weighted by Crippen LogP contribution is 2.38. The Morgan fingerprint density at radius 2 is 2.18 bits per heavy atom. The molecule has 0 radical (unpaired) electrons. The van der Waals surface area contributed by atoms with Gasteiger partial charge in [0.15, 0.2) is 0 Å². The van der Waals surface area contributed by atoms with Gasteiger partial charge in [-0.3, -0.25) is 4.90 Å². The van der Waals surface area contributed by atoms with Gasteiger partial charge in [0, 0.05) is 45.9 Å². The fourth-order valence-electron chi connectivity index (χ4n) is 3.70. The zero-order chi connectivity index (χ0) is 15.0. The number of likely N-dealkylation sites (tertiary alicyclic amines) is 1. The van der Waals surface area contributed by atoms with Crippen LogP contribution < -0.4 is 0 Å². The lowest BCUT2D eigenvalue weighted by Gasteiger charge is -2.38. The molecule has 0 amide bonds. The monoisotopic (exact) mass is 305 g/mol. The molecule has 22 heavy (non-hydrogen) atoms. The van der Waals surface area contributed by atoms with Crippen molar-refractivity contribution in [2.24, 2.45) is 13.0 Å². The topological polar surface area (TPSA) is 39.5 Å². The first-order chi connectivity index (χ1) is 10.7. The molecule has 5 heteroatoms. The summed E-state index contributed by atoms with van der Waals surface area (Å²) in [6.07, 6.45) is 10.3. The number of aromatic nitrogens is 2. The van der Waals surface area contributed by atoms with Crippen molar-refractivity contribution in [3.05, 3.63) is 18.2 Å². The van der Waals surface area contributed by atoms with E-state index in [2.05, 4.69) is 21.5 Å². The lowest BCUT2D eigenvalue weighted by molar-refractivity contribution is -0.0469. The van der Waals surface area contributed by atoms with Crippen molar-refractivity contribution in [3.63, 3.8) is 0 Å². The Kier molecular flexibility index (Phi) is 3.96. The summed E-state index contributed by atoms with van der Waals surface area (Å²) >= 11 is 0. The van der Waals surface area contributed by atoms with Crippen molar-refractivity contribution in [1.29, 1.82) is 0 Å². The predicted molar refractivity (Wildman–Crippen MR) is 83.5 cm³/mol. The van der Waals surface area contributed by atoms with Crippen LogP contribution in [-0.4, -0.2) is 52.5 Å². The van der Waals surface area contributed by atoms with Crippen molar-refractivity contribution in [2.75, 3.05) is 26.3 Å². The number of hydrogen-bond acceptors (Lipinski definition) is 4. The van der Waals surface area contributed by atoms with Crippen molar-refractivity contribution < 1.29 is 9.47 Å². The van der Waals surface area contributed by atoms with Crippen molar-refractivity contribution in [3.8, 4) is 0 Å². The van der Waals surface area contributed by atoms with Crippen LogP contribution in [-0.2, 0) is 23.1 Å². The first-order valence-electron chi connectivity index (χ1n) is 8.66. The molecule has 4 rings (SSSR count). The second-order valence-corrected chi connectivity index (χ2v) is 7.37. The van der Waals surface area contributed by atoms with Gasteiger partial charge < -0.3 is 14.0 Å². The Balaban J connectivity index is 1.25. The summed E-state index contributed by atoms with van der Waals surface area (Å²) in [6, 6.07) is 0. The number of hydrogen-bond donors (Lipinski definition) is 0. The van der Waals surface area contributed by atoms with E-state index < -0.39 is 0 Å². The van der Waals surface area contributed by atoms with E-state index in [1.807, 2.05) is 12.5 Å². The summed E-state index contributed by atoms with van der Waals surface area (Å²) in [7, 11) is 2.07. The number of piperidine rings is 1. The van der Waals surface area contributed by atoms with Gasteiger partial charge in [-0.05, 0) is 31.6 Å². The maximum atomic E-state index is 6.18. The highest BCUT2D eigenvalue weighted by molar-refractivity contribution is 5.00. The fraction of sp³-hybridized carbons (Fsp3) is 0.824. The molecule has 3 aliphatic rings. The Bertz CT molecular complexity index is 504. The van der Waals surface area contributed by atoms with Gasteiger partial charge in [-0.15, -0.1) is 0 Å². The highest BCUT2D eigenvalue weighted by atomic mass is 16.6. The van der Waals surface area contributed by atoms with Crippen LogP contribution in [0.1, 0.15) is 37.8 Å². The largest absolute Gasteiger partial charge is 0.375 e. The van der Waals surface area contributed by atoms with Gasteiger partial charge in [0.2, 0.25) is 0 Å². The van der Waals surface area contributed by atoms with Crippen molar-refractivity contribution in [2.45, 2.75) is 50.4 Å². The summed E-state index contributed by atoms with van der Waals surface area (Å²) in [5.41, 5.74) is 1.38. The third kappa shape index (κ3) is 3.21.